The molecule has 2 amide bonds. The van der Waals surface area contributed by atoms with E-state index in [1.54, 1.807) is 78.9 Å². The Morgan fingerprint density at radius 1 is 0.878 bits per heavy atom. The average Bonchev–Trinajstić information content (AvgIpc) is 2.96. The predicted octanol–water partition coefficient (Wildman–Crippen LogP) is 7.02. The predicted molar refractivity (Wildman–Crippen MR) is 165 cm³/mol. The van der Waals surface area contributed by atoms with Crippen LogP contribution in [0.5, 0.6) is 0 Å². The monoisotopic (exact) mass is 693 g/mol. The molecule has 4 aromatic rings. The Morgan fingerprint density at radius 2 is 1.46 bits per heavy atom. The molecular formula is C31H25Br2N3O4S. The molecule has 0 aliphatic carbocycles. The van der Waals surface area contributed by atoms with Crippen LogP contribution in [-0.2, 0) is 14.8 Å². The number of carbonyl (C=O) groups is 2. The molecule has 10 heteroatoms. The number of halogens is 2. The number of anilines is 1. The molecule has 0 aliphatic rings. The number of aryl methyl sites for hydroxylation is 1. The third-order valence-corrected chi connectivity index (χ3v) is 9.21. The Kier molecular flexibility index (Phi) is 9.43. The summed E-state index contributed by atoms with van der Waals surface area (Å²) in [6, 6.07) is 27.9. The molecule has 0 saturated heterocycles. The zero-order valence-electron chi connectivity index (χ0n) is 22.2. The number of hydrogen-bond acceptors (Lipinski definition) is 5. The minimum absolute atomic E-state index is 0.0120. The van der Waals surface area contributed by atoms with E-state index in [1.807, 2.05) is 13.0 Å². The number of carbonyl (C=O) groups excluding carboxylic acids is 2. The topological polar surface area (TPSA) is 98.6 Å². The third-order valence-electron chi connectivity index (χ3n) is 6.50. The third kappa shape index (κ3) is 6.93. The summed E-state index contributed by atoms with van der Waals surface area (Å²) >= 11 is 6.97. The van der Waals surface area contributed by atoms with E-state index in [0.29, 0.717) is 31.3 Å². The molecule has 0 N–H and O–H groups in total. The van der Waals surface area contributed by atoms with Gasteiger partial charge in [-0.2, -0.15) is 5.26 Å². The SMILES string of the molecule is Cc1ccc(S(=O)(=O)N(C)C(=O)C[C@H](c2ccc(C#N)cc2)N(C(=O)c2ccccc2)c2cc(Br)cc(Br)c2)cc1. The summed E-state index contributed by atoms with van der Waals surface area (Å²) in [6.07, 6.45) is -0.351. The first-order valence-electron chi connectivity index (χ1n) is 12.4. The van der Waals surface area contributed by atoms with Crippen LogP contribution >= 0.6 is 31.9 Å². The number of rotatable bonds is 8. The van der Waals surface area contributed by atoms with E-state index in [1.165, 1.54) is 24.1 Å². The van der Waals surface area contributed by atoms with Crippen LogP contribution in [0.15, 0.2) is 111 Å². The number of benzene rings is 4. The number of sulfonamides is 1. The lowest BCUT2D eigenvalue weighted by Gasteiger charge is -2.33. The molecule has 0 saturated carbocycles. The average molecular weight is 695 g/mol. The van der Waals surface area contributed by atoms with Gasteiger partial charge in [-0.15, -0.1) is 0 Å². The molecule has 0 unspecified atom stereocenters. The number of nitriles is 1. The second-order valence-corrected chi connectivity index (χ2v) is 13.1. The zero-order valence-corrected chi connectivity index (χ0v) is 26.1. The van der Waals surface area contributed by atoms with E-state index in [9.17, 15) is 23.3 Å². The molecule has 7 nitrogen and oxygen atoms in total. The van der Waals surface area contributed by atoms with E-state index >= 15 is 0 Å². The van der Waals surface area contributed by atoms with Crippen molar-refractivity contribution in [3.8, 4) is 6.07 Å². The van der Waals surface area contributed by atoms with Gasteiger partial charge in [0.25, 0.3) is 15.9 Å². The molecule has 0 radical (unpaired) electrons. The van der Waals surface area contributed by atoms with Crippen molar-refractivity contribution in [3.05, 3.63) is 128 Å². The number of hydrogen-bond donors (Lipinski definition) is 0. The summed E-state index contributed by atoms with van der Waals surface area (Å²) < 4.78 is 28.8. The Morgan fingerprint density at radius 3 is 2.02 bits per heavy atom. The van der Waals surface area contributed by atoms with Gasteiger partial charge in [-0.05, 0) is 67.1 Å². The second kappa shape index (κ2) is 12.8. The maximum Gasteiger partial charge on any atom is 0.266 e. The molecule has 0 heterocycles. The molecule has 208 valence electrons. The van der Waals surface area contributed by atoms with Gasteiger partial charge in [0.05, 0.1) is 29.0 Å². The van der Waals surface area contributed by atoms with Crippen molar-refractivity contribution in [1.82, 2.24) is 4.31 Å². The molecule has 0 aliphatic heterocycles. The number of nitrogens with zero attached hydrogens (tertiary/aromatic N) is 3. The van der Waals surface area contributed by atoms with Crippen molar-refractivity contribution in [2.45, 2.75) is 24.3 Å². The number of amides is 2. The Labute approximate surface area is 256 Å². The highest BCUT2D eigenvalue weighted by atomic mass is 79.9. The molecular weight excluding hydrogens is 670 g/mol. The highest BCUT2D eigenvalue weighted by molar-refractivity contribution is 9.11. The molecule has 0 spiro atoms. The first kappa shape index (κ1) is 30.2. The molecule has 0 fully saturated rings. The smallest absolute Gasteiger partial charge is 0.266 e. The lowest BCUT2D eigenvalue weighted by molar-refractivity contribution is -0.126. The zero-order chi connectivity index (χ0) is 29.7. The van der Waals surface area contributed by atoms with Gasteiger partial charge in [0.2, 0.25) is 5.91 Å². The van der Waals surface area contributed by atoms with Crippen molar-refractivity contribution in [2.24, 2.45) is 0 Å². The van der Waals surface area contributed by atoms with Gasteiger partial charge in [-0.25, -0.2) is 12.7 Å². The Balaban J connectivity index is 1.84. The Hall–Kier alpha value is -3.78. The molecule has 1 atom stereocenters. The van der Waals surface area contributed by atoms with Crippen LogP contribution in [-0.4, -0.2) is 31.6 Å². The first-order valence-corrected chi connectivity index (χ1v) is 15.5. The molecule has 4 rings (SSSR count). The summed E-state index contributed by atoms with van der Waals surface area (Å²) in [7, 11) is -2.93. The highest BCUT2D eigenvalue weighted by Crippen LogP contribution is 2.36. The van der Waals surface area contributed by atoms with Gasteiger partial charge >= 0.3 is 0 Å². The molecule has 41 heavy (non-hydrogen) atoms. The van der Waals surface area contributed by atoms with Crippen LogP contribution in [0.3, 0.4) is 0 Å². The van der Waals surface area contributed by atoms with Crippen molar-refractivity contribution in [1.29, 1.82) is 5.26 Å². The van der Waals surface area contributed by atoms with Crippen molar-refractivity contribution in [3.63, 3.8) is 0 Å². The van der Waals surface area contributed by atoms with Crippen LogP contribution in [0.2, 0.25) is 0 Å². The normalized spacial score (nSPS) is 11.8. The lowest BCUT2D eigenvalue weighted by Crippen LogP contribution is -2.40. The van der Waals surface area contributed by atoms with Gasteiger partial charge < -0.3 is 4.90 Å². The van der Waals surface area contributed by atoms with Gasteiger partial charge in [0.1, 0.15) is 0 Å². The minimum Gasteiger partial charge on any atom is -0.300 e. The maximum absolute atomic E-state index is 14.1. The quantitative estimate of drug-likeness (QED) is 0.198. The molecule has 4 aromatic carbocycles. The first-order chi connectivity index (χ1) is 19.5. The highest BCUT2D eigenvalue weighted by Gasteiger charge is 2.34. The van der Waals surface area contributed by atoms with Crippen LogP contribution in [0.4, 0.5) is 5.69 Å². The summed E-state index contributed by atoms with van der Waals surface area (Å²) in [5.41, 5.74) is 2.71. The summed E-state index contributed by atoms with van der Waals surface area (Å²) in [5.74, 6) is -1.10. The van der Waals surface area contributed by atoms with E-state index in [2.05, 4.69) is 37.9 Å². The van der Waals surface area contributed by atoms with Gasteiger partial charge in [0, 0.05) is 27.2 Å². The van der Waals surface area contributed by atoms with Crippen LogP contribution in [0, 0.1) is 18.3 Å². The summed E-state index contributed by atoms with van der Waals surface area (Å²) in [5, 5.41) is 9.33. The molecule has 0 bridgehead atoms. The molecule has 0 aromatic heterocycles. The Bertz CT molecular complexity index is 1700. The lowest BCUT2D eigenvalue weighted by atomic mass is 9.98. The van der Waals surface area contributed by atoms with E-state index in [0.717, 1.165) is 9.87 Å². The van der Waals surface area contributed by atoms with Gasteiger partial charge in [0.15, 0.2) is 0 Å². The van der Waals surface area contributed by atoms with Crippen LogP contribution in [0.25, 0.3) is 0 Å². The fraction of sp³-hybridized carbons (Fsp3) is 0.129. The van der Waals surface area contributed by atoms with Crippen LogP contribution < -0.4 is 4.90 Å². The second-order valence-electron chi connectivity index (χ2n) is 9.30. The van der Waals surface area contributed by atoms with Crippen molar-refractivity contribution in [2.75, 3.05) is 11.9 Å². The van der Waals surface area contributed by atoms with Gasteiger partial charge in [-0.3, -0.25) is 9.59 Å². The summed E-state index contributed by atoms with van der Waals surface area (Å²) in [6.45, 7) is 1.84. The standard InChI is InChI=1S/C31H25Br2N3O4S/c1-21-8-14-28(15-9-21)41(39,40)35(2)30(37)19-29(23-12-10-22(20-34)11-13-23)36(27-17-25(32)16-26(33)18-27)31(38)24-6-4-3-5-7-24/h3-18,29H,19H2,1-2H3/t29-/m1/s1. The largest absolute Gasteiger partial charge is 0.300 e. The maximum atomic E-state index is 14.1. The van der Waals surface area contributed by atoms with Crippen LogP contribution in [0.1, 0.15) is 39.5 Å². The van der Waals surface area contributed by atoms with E-state index in [-0.39, 0.29) is 17.2 Å². The van der Waals surface area contributed by atoms with E-state index < -0.39 is 22.0 Å². The van der Waals surface area contributed by atoms with Crippen molar-refractivity contribution >= 4 is 59.4 Å². The summed E-state index contributed by atoms with van der Waals surface area (Å²) in [4.78, 5) is 29.3. The fourth-order valence-corrected chi connectivity index (χ4v) is 6.68. The minimum atomic E-state index is -4.15. The van der Waals surface area contributed by atoms with E-state index in [4.69, 9.17) is 0 Å². The fourth-order valence-electron chi connectivity index (χ4n) is 4.27. The van der Waals surface area contributed by atoms with Crippen molar-refractivity contribution < 1.29 is 18.0 Å². The van der Waals surface area contributed by atoms with Gasteiger partial charge in [-0.1, -0.05) is 79.9 Å².